The summed E-state index contributed by atoms with van der Waals surface area (Å²) >= 11 is 1.08. The molecule has 8 heteroatoms. The molecule has 3 heterocycles. The summed E-state index contributed by atoms with van der Waals surface area (Å²) in [5.74, 6) is -1.20. The molecule has 2 aromatic carbocycles. The molecule has 0 fully saturated rings. The van der Waals surface area contributed by atoms with Gasteiger partial charge in [0.1, 0.15) is 11.4 Å². The summed E-state index contributed by atoms with van der Waals surface area (Å²) in [5, 5.41) is 0.625. The van der Waals surface area contributed by atoms with E-state index >= 15 is 0 Å². The SMILES string of the molecule is CC(=O)c1sc(N2C(=O)c3oc4ccccc4c(=O)c3C2c2ccc(F)cc2)nc1C. The largest absolute Gasteiger partial charge is 0.450 e. The van der Waals surface area contributed by atoms with Crippen LogP contribution in [0.1, 0.15) is 50.0 Å². The predicted molar refractivity (Wildman–Crippen MR) is 114 cm³/mol. The number of ketones is 1. The molecule has 31 heavy (non-hydrogen) atoms. The molecule has 0 radical (unpaired) electrons. The van der Waals surface area contributed by atoms with E-state index < -0.39 is 17.8 Å². The molecule has 2 aromatic heterocycles. The molecule has 154 valence electrons. The van der Waals surface area contributed by atoms with Gasteiger partial charge in [0.15, 0.2) is 16.3 Å². The summed E-state index contributed by atoms with van der Waals surface area (Å²) in [6.45, 7) is 3.12. The van der Waals surface area contributed by atoms with E-state index in [9.17, 15) is 18.8 Å². The monoisotopic (exact) mass is 434 g/mol. The minimum atomic E-state index is -0.852. The third-order valence-electron chi connectivity index (χ3n) is 5.27. The van der Waals surface area contributed by atoms with Crippen molar-refractivity contribution in [3.63, 3.8) is 0 Å². The van der Waals surface area contributed by atoms with Crippen molar-refractivity contribution in [2.45, 2.75) is 19.9 Å². The first kappa shape index (κ1) is 19.3. The molecule has 0 bridgehead atoms. The second-order valence-electron chi connectivity index (χ2n) is 7.27. The number of carbonyl (C=O) groups is 2. The Bertz CT molecular complexity index is 1440. The van der Waals surface area contributed by atoms with Crippen molar-refractivity contribution in [1.82, 2.24) is 4.98 Å². The lowest BCUT2D eigenvalue weighted by Crippen LogP contribution is -2.29. The van der Waals surface area contributed by atoms with Crippen LogP contribution in [0.3, 0.4) is 0 Å². The van der Waals surface area contributed by atoms with E-state index in [1.165, 1.54) is 36.1 Å². The van der Waals surface area contributed by atoms with Gasteiger partial charge in [-0.3, -0.25) is 19.3 Å². The molecular weight excluding hydrogens is 419 g/mol. The normalized spacial score (nSPS) is 15.5. The Morgan fingerprint density at radius 1 is 1.13 bits per heavy atom. The average Bonchev–Trinajstić information content (AvgIpc) is 3.27. The van der Waals surface area contributed by atoms with Gasteiger partial charge in [-0.2, -0.15) is 0 Å². The number of carbonyl (C=O) groups excluding carboxylic acids is 2. The first-order chi connectivity index (χ1) is 14.9. The van der Waals surface area contributed by atoms with Gasteiger partial charge in [0.05, 0.1) is 27.6 Å². The van der Waals surface area contributed by atoms with E-state index in [-0.39, 0.29) is 27.7 Å². The Balaban J connectivity index is 1.80. The maximum atomic E-state index is 13.6. The van der Waals surface area contributed by atoms with Crippen LogP contribution in [0.4, 0.5) is 9.52 Å². The Morgan fingerprint density at radius 2 is 1.84 bits per heavy atom. The van der Waals surface area contributed by atoms with E-state index in [4.69, 9.17) is 4.42 Å². The van der Waals surface area contributed by atoms with Crippen LogP contribution in [0.15, 0.2) is 57.7 Å². The number of aryl methyl sites for hydroxylation is 1. The average molecular weight is 434 g/mol. The Labute approximate surface area is 179 Å². The predicted octanol–water partition coefficient (Wildman–Crippen LogP) is 4.65. The van der Waals surface area contributed by atoms with Gasteiger partial charge < -0.3 is 4.42 Å². The number of benzene rings is 2. The zero-order valence-electron chi connectivity index (χ0n) is 16.5. The Kier molecular flexibility index (Phi) is 4.33. The van der Waals surface area contributed by atoms with Crippen LogP contribution in [-0.2, 0) is 0 Å². The van der Waals surface area contributed by atoms with Crippen LogP contribution in [0.2, 0.25) is 0 Å². The highest BCUT2D eigenvalue weighted by Crippen LogP contribution is 2.43. The molecule has 6 nitrogen and oxygen atoms in total. The highest BCUT2D eigenvalue weighted by Gasteiger charge is 2.45. The minimum Gasteiger partial charge on any atom is -0.450 e. The van der Waals surface area contributed by atoms with Crippen molar-refractivity contribution in [3.05, 3.63) is 92.0 Å². The van der Waals surface area contributed by atoms with Gasteiger partial charge in [0.2, 0.25) is 5.76 Å². The summed E-state index contributed by atoms with van der Waals surface area (Å²) in [7, 11) is 0. The van der Waals surface area contributed by atoms with Crippen LogP contribution in [-0.4, -0.2) is 16.7 Å². The van der Waals surface area contributed by atoms with E-state index in [1.807, 2.05) is 0 Å². The van der Waals surface area contributed by atoms with Crippen molar-refractivity contribution >= 4 is 39.1 Å². The number of amides is 1. The molecule has 4 aromatic rings. The molecule has 5 rings (SSSR count). The third kappa shape index (κ3) is 2.90. The summed E-state index contributed by atoms with van der Waals surface area (Å²) in [5.41, 5.74) is 1.18. The van der Waals surface area contributed by atoms with Crippen molar-refractivity contribution in [2.75, 3.05) is 4.90 Å². The fourth-order valence-electron chi connectivity index (χ4n) is 3.89. The molecule has 1 unspecified atom stereocenters. The van der Waals surface area contributed by atoms with Crippen molar-refractivity contribution in [1.29, 1.82) is 0 Å². The van der Waals surface area contributed by atoms with Crippen molar-refractivity contribution < 1.29 is 18.4 Å². The zero-order valence-corrected chi connectivity index (χ0v) is 17.3. The van der Waals surface area contributed by atoms with Gasteiger partial charge in [-0.15, -0.1) is 0 Å². The lowest BCUT2D eigenvalue weighted by molar-refractivity contribution is 0.0969. The number of rotatable bonds is 3. The van der Waals surface area contributed by atoms with E-state index in [0.717, 1.165) is 11.3 Å². The Morgan fingerprint density at radius 3 is 2.52 bits per heavy atom. The molecule has 0 aliphatic carbocycles. The quantitative estimate of drug-likeness (QED) is 0.439. The fourth-order valence-corrected chi connectivity index (χ4v) is 4.88. The highest BCUT2D eigenvalue weighted by molar-refractivity contribution is 7.17. The summed E-state index contributed by atoms with van der Waals surface area (Å²) in [6.07, 6.45) is 0. The number of aromatic nitrogens is 1. The van der Waals surface area contributed by atoms with Crippen molar-refractivity contribution in [2.24, 2.45) is 0 Å². The topological polar surface area (TPSA) is 80.5 Å². The second kappa shape index (κ2) is 6.95. The van der Waals surface area contributed by atoms with Gasteiger partial charge in [-0.1, -0.05) is 35.6 Å². The lowest BCUT2D eigenvalue weighted by atomic mass is 9.99. The minimum absolute atomic E-state index is 0.0738. The van der Waals surface area contributed by atoms with E-state index in [0.29, 0.717) is 27.1 Å². The van der Waals surface area contributed by atoms with Crippen LogP contribution >= 0.6 is 11.3 Å². The number of hydrogen-bond donors (Lipinski definition) is 0. The summed E-state index contributed by atoms with van der Waals surface area (Å²) < 4.78 is 19.4. The van der Waals surface area contributed by atoms with Gasteiger partial charge in [0, 0.05) is 6.92 Å². The van der Waals surface area contributed by atoms with Crippen LogP contribution in [0, 0.1) is 12.7 Å². The standard InChI is InChI=1S/C23H15FN2O4S/c1-11-21(12(2)27)31-23(25-11)26-18(13-7-9-14(24)10-8-13)17-19(28)15-5-3-4-6-16(15)30-20(17)22(26)29/h3-10,18H,1-2H3. The molecule has 0 N–H and O–H groups in total. The summed E-state index contributed by atoms with van der Waals surface area (Å²) in [6, 6.07) is 11.4. The van der Waals surface area contributed by atoms with Gasteiger partial charge in [-0.05, 0) is 36.8 Å². The lowest BCUT2D eigenvalue weighted by Gasteiger charge is -2.22. The molecule has 0 saturated heterocycles. The molecular formula is C23H15FN2O4S. The number of para-hydroxylation sites is 1. The zero-order chi connectivity index (χ0) is 21.9. The molecule has 1 aliphatic rings. The van der Waals surface area contributed by atoms with E-state index in [1.54, 1.807) is 31.2 Å². The molecule has 1 aliphatic heterocycles. The van der Waals surface area contributed by atoms with Gasteiger partial charge in [-0.25, -0.2) is 9.37 Å². The smallest absolute Gasteiger partial charge is 0.297 e. The molecule has 1 atom stereocenters. The molecule has 0 saturated carbocycles. The van der Waals surface area contributed by atoms with Crippen LogP contribution in [0.5, 0.6) is 0 Å². The van der Waals surface area contributed by atoms with Crippen LogP contribution in [0.25, 0.3) is 11.0 Å². The first-order valence-corrected chi connectivity index (χ1v) is 10.3. The Hall–Kier alpha value is -3.65. The fraction of sp³-hybridized carbons (Fsp3) is 0.130. The maximum Gasteiger partial charge on any atom is 0.297 e. The number of Topliss-reactive ketones (excluding diaryl/α,β-unsaturated/α-hetero) is 1. The number of hydrogen-bond acceptors (Lipinski definition) is 6. The summed E-state index contributed by atoms with van der Waals surface area (Å²) in [4.78, 5) is 45.0. The number of anilines is 1. The number of nitrogens with zero attached hydrogens (tertiary/aromatic N) is 2. The van der Waals surface area contributed by atoms with Gasteiger partial charge >= 0.3 is 0 Å². The number of thiazole rings is 1. The second-order valence-corrected chi connectivity index (χ2v) is 8.24. The van der Waals surface area contributed by atoms with Crippen molar-refractivity contribution in [3.8, 4) is 0 Å². The maximum absolute atomic E-state index is 13.6. The molecule has 1 amide bonds. The first-order valence-electron chi connectivity index (χ1n) is 9.50. The number of fused-ring (bicyclic) bond motifs is 2. The molecule has 0 spiro atoms. The highest BCUT2D eigenvalue weighted by atomic mass is 32.1. The third-order valence-corrected chi connectivity index (χ3v) is 6.53. The van der Waals surface area contributed by atoms with Gasteiger partial charge in [0.25, 0.3) is 5.91 Å². The van der Waals surface area contributed by atoms with Crippen LogP contribution < -0.4 is 10.3 Å². The number of halogens is 1. The van der Waals surface area contributed by atoms with E-state index in [2.05, 4.69) is 4.98 Å².